The number of furan rings is 2. The molecule has 0 unspecified atom stereocenters. The number of hydrogen-bond donors (Lipinski definition) is 0. The van der Waals surface area contributed by atoms with Crippen LogP contribution in [0.25, 0.3) is 133 Å². The molecular weight excluding hydrogens is 783 g/mol. The maximum Gasteiger partial charge on any atom is 0.164 e. The first-order valence-corrected chi connectivity index (χ1v) is 21.5. The van der Waals surface area contributed by atoms with Crippen LogP contribution >= 0.6 is 0 Å². The van der Waals surface area contributed by atoms with Crippen LogP contribution in [0.5, 0.6) is 0 Å². The summed E-state index contributed by atoms with van der Waals surface area (Å²) in [4.78, 5) is 16.2. The maximum absolute atomic E-state index is 6.80. The van der Waals surface area contributed by atoms with Crippen LogP contribution < -0.4 is 0 Å². The predicted octanol–water partition coefficient (Wildman–Crippen LogP) is 16.0. The topological polar surface area (TPSA) is 65.0 Å². The lowest BCUT2D eigenvalue weighted by atomic mass is 9.88. The largest absolute Gasteiger partial charge is 0.456 e. The molecule has 0 bridgehead atoms. The van der Waals surface area contributed by atoms with Gasteiger partial charge < -0.3 is 8.83 Å². The van der Waals surface area contributed by atoms with E-state index in [4.69, 9.17) is 23.8 Å². The van der Waals surface area contributed by atoms with Crippen molar-refractivity contribution in [2.45, 2.75) is 0 Å². The average Bonchev–Trinajstić information content (AvgIpc) is 3.95. The molecule has 0 amide bonds. The highest BCUT2D eigenvalue weighted by Crippen LogP contribution is 2.47. The van der Waals surface area contributed by atoms with E-state index in [1.165, 1.54) is 11.1 Å². The fourth-order valence-electron chi connectivity index (χ4n) is 9.53. The van der Waals surface area contributed by atoms with Crippen molar-refractivity contribution >= 4 is 65.4 Å². The van der Waals surface area contributed by atoms with Crippen LogP contribution in [0.3, 0.4) is 0 Å². The molecule has 0 saturated heterocycles. The third-order valence-corrected chi connectivity index (χ3v) is 12.5. The Labute approximate surface area is 367 Å². The molecule has 13 aromatic rings. The van der Waals surface area contributed by atoms with E-state index in [0.717, 1.165) is 104 Å². The normalized spacial score (nSPS) is 11.8. The molecule has 13 rings (SSSR count). The van der Waals surface area contributed by atoms with E-state index in [0.29, 0.717) is 17.5 Å². The monoisotopic (exact) mass is 817 g/mol. The van der Waals surface area contributed by atoms with Gasteiger partial charge in [0.1, 0.15) is 22.3 Å². The van der Waals surface area contributed by atoms with Gasteiger partial charge in [-0.3, -0.25) is 0 Å². The van der Waals surface area contributed by atoms with Crippen molar-refractivity contribution in [1.82, 2.24) is 15.0 Å². The van der Waals surface area contributed by atoms with Crippen LogP contribution in [-0.4, -0.2) is 15.0 Å². The molecule has 5 heteroatoms. The SMILES string of the molecule is c1ccc(-c2ccc3cc(-c4nc(-c5ccc6ccccc6c5-c5ccc(-c6ccccc6)c6oc7ccccc7c56)nc(-c5cccc6oc7ccccc7c56)n4)ccc3c2)cc1. The van der Waals surface area contributed by atoms with Crippen LogP contribution in [0, 0.1) is 0 Å². The Balaban J connectivity index is 1.09. The Bertz CT molecular complexity index is 3960. The molecule has 0 aliphatic carbocycles. The van der Waals surface area contributed by atoms with E-state index in [1.807, 2.05) is 48.5 Å². The third kappa shape index (κ3) is 5.83. The summed E-state index contributed by atoms with van der Waals surface area (Å²) >= 11 is 0. The Morgan fingerprint density at radius 2 is 0.828 bits per heavy atom. The van der Waals surface area contributed by atoms with Gasteiger partial charge in [-0.2, -0.15) is 0 Å². The first-order chi connectivity index (χ1) is 31.7. The van der Waals surface area contributed by atoms with Gasteiger partial charge in [0.15, 0.2) is 17.5 Å². The number of nitrogens with zero attached hydrogens (tertiary/aromatic N) is 3. The summed E-state index contributed by atoms with van der Waals surface area (Å²) in [6.07, 6.45) is 0. The Kier molecular flexibility index (Phi) is 8.15. The summed E-state index contributed by atoms with van der Waals surface area (Å²) in [5.74, 6) is 1.71. The van der Waals surface area contributed by atoms with Gasteiger partial charge in [0.2, 0.25) is 0 Å². The van der Waals surface area contributed by atoms with Gasteiger partial charge in [-0.1, -0.05) is 170 Å². The molecular formula is C59H35N3O2. The van der Waals surface area contributed by atoms with Crippen LogP contribution in [0.2, 0.25) is 0 Å². The van der Waals surface area contributed by atoms with Crippen LogP contribution in [-0.2, 0) is 0 Å². The minimum absolute atomic E-state index is 0.564. The van der Waals surface area contributed by atoms with E-state index in [9.17, 15) is 0 Å². The van der Waals surface area contributed by atoms with E-state index < -0.39 is 0 Å². The van der Waals surface area contributed by atoms with Gasteiger partial charge >= 0.3 is 0 Å². The average molecular weight is 818 g/mol. The molecule has 0 atom stereocenters. The lowest BCUT2D eigenvalue weighted by molar-refractivity contribution is 0.669. The lowest BCUT2D eigenvalue weighted by Gasteiger charge is -2.16. The smallest absolute Gasteiger partial charge is 0.164 e. The predicted molar refractivity (Wildman–Crippen MR) is 262 cm³/mol. The van der Waals surface area contributed by atoms with Crippen molar-refractivity contribution in [1.29, 1.82) is 0 Å². The number of hydrogen-bond acceptors (Lipinski definition) is 5. The Hall–Kier alpha value is -8.67. The van der Waals surface area contributed by atoms with E-state index >= 15 is 0 Å². The second kappa shape index (κ2) is 14.5. The summed E-state index contributed by atoms with van der Waals surface area (Å²) in [6, 6.07) is 73.9. The fraction of sp³-hybridized carbons (Fsp3) is 0. The summed E-state index contributed by atoms with van der Waals surface area (Å²) in [5, 5.41) is 8.51. The van der Waals surface area contributed by atoms with Gasteiger partial charge in [-0.15, -0.1) is 0 Å². The van der Waals surface area contributed by atoms with E-state index in [2.05, 4.69) is 164 Å². The van der Waals surface area contributed by atoms with E-state index in [-0.39, 0.29) is 0 Å². The van der Waals surface area contributed by atoms with Crippen molar-refractivity contribution < 1.29 is 8.83 Å². The molecule has 0 aliphatic rings. The van der Waals surface area contributed by atoms with Crippen molar-refractivity contribution in [3.05, 3.63) is 212 Å². The molecule has 0 saturated carbocycles. The molecule has 64 heavy (non-hydrogen) atoms. The minimum Gasteiger partial charge on any atom is -0.456 e. The van der Waals surface area contributed by atoms with Gasteiger partial charge in [0, 0.05) is 49.4 Å². The zero-order chi connectivity index (χ0) is 42.1. The highest BCUT2D eigenvalue weighted by atomic mass is 16.3. The Morgan fingerprint density at radius 3 is 1.61 bits per heavy atom. The molecule has 0 fully saturated rings. The zero-order valence-electron chi connectivity index (χ0n) is 34.4. The summed E-state index contributed by atoms with van der Waals surface area (Å²) < 4.78 is 13.2. The third-order valence-electron chi connectivity index (χ3n) is 12.5. The molecule has 0 aliphatic heterocycles. The summed E-state index contributed by atoms with van der Waals surface area (Å²) in [5.41, 5.74) is 12.5. The summed E-state index contributed by atoms with van der Waals surface area (Å²) in [7, 11) is 0. The zero-order valence-corrected chi connectivity index (χ0v) is 34.4. The molecule has 0 spiro atoms. The quantitative estimate of drug-likeness (QED) is 0.167. The summed E-state index contributed by atoms with van der Waals surface area (Å²) in [6.45, 7) is 0. The highest BCUT2D eigenvalue weighted by molar-refractivity contribution is 6.20. The van der Waals surface area contributed by atoms with Crippen molar-refractivity contribution in [3.8, 4) is 67.5 Å². The molecule has 10 aromatic carbocycles. The second-order valence-corrected chi connectivity index (χ2v) is 16.3. The van der Waals surface area contributed by atoms with Crippen molar-refractivity contribution in [2.24, 2.45) is 0 Å². The van der Waals surface area contributed by atoms with Gasteiger partial charge in [0.05, 0.1) is 0 Å². The Morgan fingerprint density at radius 1 is 0.281 bits per heavy atom. The van der Waals surface area contributed by atoms with Gasteiger partial charge in [-0.05, 0) is 86.3 Å². The molecule has 0 radical (unpaired) electrons. The lowest BCUT2D eigenvalue weighted by Crippen LogP contribution is -2.02. The number of para-hydroxylation sites is 2. The minimum atomic E-state index is 0.564. The van der Waals surface area contributed by atoms with Crippen LogP contribution in [0.15, 0.2) is 221 Å². The van der Waals surface area contributed by atoms with Gasteiger partial charge in [0.25, 0.3) is 0 Å². The maximum atomic E-state index is 6.80. The molecule has 298 valence electrons. The standard InChI is InChI=1S/C59H35N3O2/c1-3-14-36(15-4-1)39-26-27-41-35-42(29-28-40(41)34-39)57-60-58(48-22-13-25-52-54(48)45-20-9-11-23-50(45)63-52)62-59(61-57)49-31-30-38-18-7-8-19-43(38)53(49)47-33-32-44(37-16-5-2-6-17-37)56-55(47)46-21-10-12-24-51(46)64-56/h1-35H. The molecule has 3 heterocycles. The van der Waals surface area contributed by atoms with Crippen LogP contribution in [0.1, 0.15) is 0 Å². The van der Waals surface area contributed by atoms with Crippen LogP contribution in [0.4, 0.5) is 0 Å². The number of fused-ring (bicyclic) bond motifs is 8. The fourth-order valence-corrected chi connectivity index (χ4v) is 9.53. The molecule has 5 nitrogen and oxygen atoms in total. The number of benzene rings is 10. The van der Waals surface area contributed by atoms with Crippen molar-refractivity contribution in [3.63, 3.8) is 0 Å². The van der Waals surface area contributed by atoms with Gasteiger partial charge in [-0.25, -0.2) is 15.0 Å². The first-order valence-electron chi connectivity index (χ1n) is 21.5. The first kappa shape index (κ1) is 36.0. The van der Waals surface area contributed by atoms with E-state index in [1.54, 1.807) is 0 Å². The van der Waals surface area contributed by atoms with Crippen molar-refractivity contribution in [2.75, 3.05) is 0 Å². The second-order valence-electron chi connectivity index (χ2n) is 16.3. The molecule has 3 aromatic heterocycles. The molecule has 0 N–H and O–H groups in total. The number of rotatable bonds is 6. The number of aromatic nitrogens is 3. The highest BCUT2D eigenvalue weighted by Gasteiger charge is 2.24.